The van der Waals surface area contributed by atoms with Crippen LogP contribution in [0.5, 0.6) is 11.5 Å². The Morgan fingerprint density at radius 1 is 0.389 bits per heavy atom. The zero-order chi connectivity index (χ0) is 34.7. The summed E-state index contributed by atoms with van der Waals surface area (Å²) in [5, 5.41) is 0. The highest BCUT2D eigenvalue weighted by molar-refractivity contribution is 7.43. The molecule has 0 saturated heterocycles. The second kappa shape index (κ2) is 10.4. The molecule has 10 heteroatoms. The van der Waals surface area contributed by atoms with E-state index in [1.807, 2.05) is 0 Å². The minimum Gasteiger partial charge on any atom is -0.780 e. The first-order valence-corrected chi connectivity index (χ1v) is 21.1. The molecule has 8 bridgehead atoms. The molecule has 8 aliphatic carbocycles. The number of phosphoric ester groups is 2. The van der Waals surface area contributed by atoms with Crippen LogP contribution in [0.3, 0.4) is 0 Å². The van der Waals surface area contributed by atoms with Gasteiger partial charge in [-0.2, -0.15) is 0 Å². The minimum absolute atomic E-state index is 0. The summed E-state index contributed by atoms with van der Waals surface area (Å²) in [4.78, 5) is 50.4. The molecule has 0 saturated carbocycles. The summed E-state index contributed by atoms with van der Waals surface area (Å²) < 4.78 is 36.3. The molecule has 0 N–H and O–H groups in total. The van der Waals surface area contributed by atoms with Crippen LogP contribution in [0.25, 0.3) is 0 Å². The molecule has 0 amide bonds. The Bertz CT molecular complexity index is 2340. The lowest BCUT2D eigenvalue weighted by Crippen LogP contribution is -2.24. The van der Waals surface area contributed by atoms with Crippen LogP contribution >= 0.6 is 15.6 Å². The van der Waals surface area contributed by atoms with Crippen LogP contribution in [0.1, 0.15) is 177 Å². The van der Waals surface area contributed by atoms with Crippen molar-refractivity contribution in [3.63, 3.8) is 0 Å². The van der Waals surface area contributed by atoms with Gasteiger partial charge < -0.3 is 37.8 Å². The van der Waals surface area contributed by atoms with E-state index in [2.05, 4.69) is 72.8 Å². The van der Waals surface area contributed by atoms with Gasteiger partial charge in [-0.05, 0) is 92.4 Å². The van der Waals surface area contributed by atoms with Gasteiger partial charge in [0.1, 0.15) is 27.1 Å². The summed E-state index contributed by atoms with van der Waals surface area (Å²) in [6, 6.07) is 26.2. The number of phosphoric acid groups is 2. The monoisotopic (exact) mass is 754 g/mol. The molecule has 13 rings (SSSR count). The van der Waals surface area contributed by atoms with Crippen LogP contribution in [0.15, 0.2) is 72.8 Å². The normalized spacial score (nSPS) is 27.9. The average molecular weight is 755 g/mol. The van der Waals surface area contributed by atoms with Crippen molar-refractivity contribution in [3.05, 3.63) is 162 Å². The lowest BCUT2D eigenvalue weighted by atomic mass is 9.74. The molecule has 3 unspecified atom stereocenters. The first-order chi connectivity index (χ1) is 25.0. The van der Waals surface area contributed by atoms with Crippen molar-refractivity contribution >= 4 is 15.6 Å². The predicted molar refractivity (Wildman–Crippen MR) is 195 cm³/mol. The van der Waals surface area contributed by atoms with Crippen molar-refractivity contribution in [1.82, 2.24) is 0 Å². The van der Waals surface area contributed by atoms with E-state index >= 15 is 0 Å². The van der Waals surface area contributed by atoms with Crippen molar-refractivity contribution in [1.29, 1.82) is 0 Å². The van der Waals surface area contributed by atoms with E-state index in [0.717, 1.165) is 35.1 Å². The fourth-order valence-electron chi connectivity index (χ4n) is 12.9. The molecule has 0 spiro atoms. The summed E-state index contributed by atoms with van der Waals surface area (Å²) in [6.07, 6.45) is 3.10. The zero-order valence-corrected chi connectivity index (χ0v) is 29.3. The van der Waals surface area contributed by atoms with Gasteiger partial charge in [0, 0.05) is 69.6 Å². The largest absolute Gasteiger partial charge is 0.780 e. The topological polar surface area (TPSA) is 145 Å². The van der Waals surface area contributed by atoms with Crippen LogP contribution in [0.2, 0.25) is 0 Å². The van der Waals surface area contributed by atoms with Gasteiger partial charge in [0.2, 0.25) is 0 Å². The molecule has 8 atom stereocenters. The van der Waals surface area contributed by atoms with Gasteiger partial charge in [-0.3, -0.25) is 0 Å². The Kier molecular flexibility index (Phi) is 6.45. The van der Waals surface area contributed by atoms with E-state index in [1.165, 1.54) is 44.5 Å². The third-order valence-corrected chi connectivity index (χ3v) is 15.1. The second-order valence-electron chi connectivity index (χ2n) is 16.2. The summed E-state index contributed by atoms with van der Waals surface area (Å²) in [5.41, 5.74) is 16.6. The highest BCUT2D eigenvalue weighted by Gasteiger charge is 2.55. The molecule has 274 valence electrons. The van der Waals surface area contributed by atoms with Gasteiger partial charge in [0.15, 0.2) is 0 Å². The van der Waals surface area contributed by atoms with E-state index in [4.69, 9.17) is 9.05 Å². The van der Waals surface area contributed by atoms with Gasteiger partial charge in [-0.1, -0.05) is 87.6 Å². The molecule has 0 radical (unpaired) electrons. The highest BCUT2D eigenvalue weighted by atomic mass is 31.2. The summed E-state index contributed by atoms with van der Waals surface area (Å²) in [7, 11) is -11.1. The van der Waals surface area contributed by atoms with Crippen LogP contribution in [-0.2, 0) is 9.13 Å². The predicted octanol–water partition coefficient (Wildman–Crippen LogP) is 7.30. The molecule has 0 aromatic heterocycles. The van der Waals surface area contributed by atoms with Crippen LogP contribution in [-0.4, -0.2) is 0 Å². The van der Waals surface area contributed by atoms with Crippen LogP contribution in [0, 0.1) is 0 Å². The Balaban J connectivity index is 0.00000171. The van der Waals surface area contributed by atoms with E-state index < -0.39 is 15.6 Å². The number of hydrogen-bond donors (Lipinski definition) is 0. The molecule has 8 aliphatic rings. The smallest absolute Gasteiger partial charge is 0.132 e. The molecule has 5 aromatic carbocycles. The molecule has 5 aromatic rings. The number of rotatable bonds is 4. The van der Waals surface area contributed by atoms with E-state index in [9.17, 15) is 28.7 Å². The molecular formula is C44H36O8P2-4. The molecule has 0 heterocycles. The molecule has 0 fully saturated rings. The number of hydrogen-bond acceptors (Lipinski definition) is 8. The van der Waals surface area contributed by atoms with Crippen molar-refractivity contribution in [2.75, 3.05) is 0 Å². The average Bonchev–Trinajstić information content (AvgIpc) is 3.98. The van der Waals surface area contributed by atoms with Gasteiger partial charge >= 0.3 is 0 Å². The van der Waals surface area contributed by atoms with Gasteiger partial charge in [-0.25, -0.2) is 0 Å². The summed E-state index contributed by atoms with van der Waals surface area (Å²) in [5.74, 6) is -0.203. The van der Waals surface area contributed by atoms with E-state index in [1.54, 1.807) is 0 Å². The van der Waals surface area contributed by atoms with E-state index in [-0.39, 0.29) is 73.7 Å². The molecule has 8 nitrogen and oxygen atoms in total. The first kappa shape index (κ1) is 33.3. The fraction of sp³-hybridized carbons (Fsp3) is 0.318. The third-order valence-electron chi connectivity index (χ3n) is 14.3. The third kappa shape index (κ3) is 3.94. The standard InChI is InChI=1S/C42H32O8P2.2CH4/c43-51(44,45)49-41-37-33-15-34(30-12-26-22-9-21(25(26)11-29(30)33)17-5-1-2-6-18(17)22)38(37)42(50-52(46,47)48)40-36-16-35(39(40)41)31-13-27-23-10-24(28(27)14-32(31)36)20-8-4-3-7-19(20)23;;/h1-8,11-14,21-24,33-36H,9-10,15-16H2,(H2,43,44,45)(H2,46,47,48);2*1H4/p-4/t21-,22?,23+,24?,33+,34-,35-,36?;;/m0../s1. The van der Waals surface area contributed by atoms with Crippen molar-refractivity contribution in [2.24, 2.45) is 0 Å². The zero-order valence-electron chi connectivity index (χ0n) is 27.5. The maximum Gasteiger partial charge on any atom is 0.132 e. The first-order valence-electron chi connectivity index (χ1n) is 18.2. The Labute approximate surface area is 313 Å². The van der Waals surface area contributed by atoms with Crippen molar-refractivity contribution in [3.8, 4) is 11.5 Å². The minimum atomic E-state index is -5.56. The lowest BCUT2D eigenvalue weighted by molar-refractivity contribution is -0.336. The van der Waals surface area contributed by atoms with Gasteiger partial charge in [0.05, 0.1) is 0 Å². The lowest BCUT2D eigenvalue weighted by Gasteiger charge is -2.39. The maximum atomic E-state index is 12.6. The SMILES string of the molecule is C.C.O=P([O-])([O-])Oc1c2c(c(OP(=O)([O-])[O-])c3c1[C@@H]1C[C@H]3c3cc4c(cc31)[C@H]1CC4c3ccccc31)C1C[C@H]2c2cc3c(cc21)C1C[C@@H]3c2ccccc21. The van der Waals surface area contributed by atoms with Gasteiger partial charge in [-0.15, -0.1) is 0 Å². The van der Waals surface area contributed by atoms with Crippen LogP contribution in [0.4, 0.5) is 0 Å². The highest BCUT2D eigenvalue weighted by Crippen LogP contribution is 2.72. The fourth-order valence-corrected chi connectivity index (χ4v) is 13.7. The second-order valence-corrected chi connectivity index (χ2v) is 18.4. The Morgan fingerprint density at radius 3 is 0.852 bits per heavy atom. The van der Waals surface area contributed by atoms with Crippen molar-refractivity contribution in [2.45, 2.75) is 87.9 Å². The van der Waals surface area contributed by atoms with Crippen LogP contribution < -0.4 is 28.6 Å². The van der Waals surface area contributed by atoms with Gasteiger partial charge in [0.25, 0.3) is 0 Å². The number of benzene rings is 5. The van der Waals surface area contributed by atoms with Crippen molar-refractivity contribution < 1.29 is 37.8 Å². The Hall–Kier alpha value is -4.00. The maximum absolute atomic E-state index is 12.6. The molecule has 54 heavy (non-hydrogen) atoms. The quantitative estimate of drug-likeness (QED) is 0.174. The molecule has 0 aliphatic heterocycles. The van der Waals surface area contributed by atoms with E-state index in [0.29, 0.717) is 35.1 Å². The number of fused-ring (bicyclic) bond motifs is 32. The summed E-state index contributed by atoms with van der Waals surface area (Å²) in [6.45, 7) is 0. The molecular weight excluding hydrogens is 718 g/mol. The Morgan fingerprint density at radius 2 is 0.611 bits per heavy atom. The summed E-state index contributed by atoms with van der Waals surface area (Å²) >= 11 is 0.